The van der Waals surface area contributed by atoms with Crippen LogP contribution in [0.5, 0.6) is 0 Å². The molecule has 0 aliphatic heterocycles. The zero-order valence-electron chi connectivity index (χ0n) is 19.6. The number of anilines is 1. The van der Waals surface area contributed by atoms with Crippen LogP contribution in [0.25, 0.3) is 11.2 Å². The first kappa shape index (κ1) is 21.9. The van der Waals surface area contributed by atoms with E-state index in [4.69, 9.17) is 4.98 Å². The van der Waals surface area contributed by atoms with Crippen molar-refractivity contribution in [1.82, 2.24) is 34.3 Å². The van der Waals surface area contributed by atoms with Crippen molar-refractivity contribution < 1.29 is 0 Å². The van der Waals surface area contributed by atoms with E-state index in [9.17, 15) is 0 Å². The minimum Gasteiger partial charge on any atom is -0.354 e. The summed E-state index contributed by atoms with van der Waals surface area (Å²) in [6.45, 7) is 10.6. The van der Waals surface area contributed by atoms with Crippen molar-refractivity contribution in [3.63, 3.8) is 0 Å². The van der Waals surface area contributed by atoms with Crippen molar-refractivity contribution in [3.05, 3.63) is 59.6 Å². The summed E-state index contributed by atoms with van der Waals surface area (Å²) < 4.78 is 3.86. The van der Waals surface area contributed by atoms with E-state index < -0.39 is 0 Å². The Kier molecular flexibility index (Phi) is 6.21. The smallest absolute Gasteiger partial charge is 0.225 e. The zero-order chi connectivity index (χ0) is 22.7. The van der Waals surface area contributed by atoms with Gasteiger partial charge < -0.3 is 9.88 Å². The lowest BCUT2D eigenvalue weighted by Crippen LogP contribution is -2.12. The quantitative estimate of drug-likeness (QED) is 0.423. The number of hydrogen-bond donors (Lipinski definition) is 1. The minimum absolute atomic E-state index is 0.106. The molecule has 32 heavy (non-hydrogen) atoms. The Hall–Kier alpha value is -3.29. The van der Waals surface area contributed by atoms with Crippen LogP contribution in [0.4, 0.5) is 5.95 Å². The maximum Gasteiger partial charge on any atom is 0.225 e. The molecular weight excluding hydrogens is 400 g/mol. The fourth-order valence-electron chi connectivity index (χ4n) is 3.80. The molecule has 0 fully saturated rings. The van der Waals surface area contributed by atoms with E-state index in [1.807, 2.05) is 22.6 Å². The molecule has 4 aromatic rings. The van der Waals surface area contributed by atoms with Gasteiger partial charge in [-0.1, -0.05) is 39.0 Å². The van der Waals surface area contributed by atoms with Gasteiger partial charge in [0.2, 0.25) is 5.95 Å². The van der Waals surface area contributed by atoms with Crippen molar-refractivity contribution in [2.45, 2.75) is 58.9 Å². The Morgan fingerprint density at radius 2 is 1.91 bits per heavy atom. The molecule has 0 aliphatic carbocycles. The van der Waals surface area contributed by atoms with Gasteiger partial charge in [-0.2, -0.15) is 10.1 Å². The molecule has 1 aromatic carbocycles. The largest absolute Gasteiger partial charge is 0.354 e. The molecule has 0 atom stereocenters. The lowest BCUT2D eigenvalue weighted by atomic mass is 9.84. The van der Waals surface area contributed by atoms with Crippen LogP contribution >= 0.6 is 0 Å². The first-order chi connectivity index (χ1) is 15.3. The second-order valence-corrected chi connectivity index (χ2v) is 9.38. The van der Waals surface area contributed by atoms with Crippen LogP contribution in [0.15, 0.2) is 37.2 Å². The molecule has 168 valence electrons. The monoisotopic (exact) mass is 432 g/mol. The van der Waals surface area contributed by atoms with E-state index in [-0.39, 0.29) is 5.41 Å². The maximum absolute atomic E-state index is 4.90. The molecule has 3 aromatic heterocycles. The topological polar surface area (TPSA) is 86.3 Å². The van der Waals surface area contributed by atoms with Crippen LogP contribution in [0.3, 0.4) is 0 Å². The molecule has 3 heterocycles. The summed E-state index contributed by atoms with van der Waals surface area (Å²) in [5, 5.41) is 7.52. The average molecular weight is 433 g/mol. The van der Waals surface area contributed by atoms with Crippen molar-refractivity contribution in [3.8, 4) is 0 Å². The van der Waals surface area contributed by atoms with Crippen molar-refractivity contribution >= 4 is 17.1 Å². The van der Waals surface area contributed by atoms with Gasteiger partial charge in [-0.15, -0.1) is 0 Å². The number of aromatic nitrogens is 7. The second kappa shape index (κ2) is 9.06. The lowest BCUT2D eigenvalue weighted by Gasteiger charge is -2.21. The number of imidazole rings is 1. The fraction of sp³-hybridized carbons (Fsp3) is 0.458. The summed E-state index contributed by atoms with van der Waals surface area (Å²) in [5.41, 5.74) is 6.71. The summed E-state index contributed by atoms with van der Waals surface area (Å²) in [7, 11) is 2.00. The molecule has 8 nitrogen and oxygen atoms in total. The summed E-state index contributed by atoms with van der Waals surface area (Å²) >= 11 is 0. The van der Waals surface area contributed by atoms with E-state index in [0.29, 0.717) is 5.95 Å². The normalized spacial score (nSPS) is 11.9. The molecule has 0 radical (unpaired) electrons. The Morgan fingerprint density at radius 3 is 2.66 bits per heavy atom. The first-order valence-corrected chi connectivity index (χ1v) is 11.2. The van der Waals surface area contributed by atoms with Gasteiger partial charge in [0, 0.05) is 26.6 Å². The first-order valence-electron chi connectivity index (χ1n) is 11.2. The fourth-order valence-corrected chi connectivity index (χ4v) is 3.80. The number of fused-ring (bicyclic) bond motifs is 1. The van der Waals surface area contributed by atoms with Crippen LogP contribution in [0, 0.1) is 6.92 Å². The molecule has 0 saturated heterocycles. The number of nitrogens with one attached hydrogen (secondary N) is 1. The Morgan fingerprint density at radius 1 is 1.06 bits per heavy atom. The molecule has 0 unspecified atom stereocenters. The van der Waals surface area contributed by atoms with Gasteiger partial charge >= 0.3 is 0 Å². The number of hydrogen-bond acceptors (Lipinski definition) is 6. The van der Waals surface area contributed by atoms with Crippen LogP contribution in [-0.2, 0) is 25.4 Å². The molecule has 0 aliphatic rings. The van der Waals surface area contributed by atoms with Crippen LogP contribution in [-0.4, -0.2) is 40.8 Å². The van der Waals surface area contributed by atoms with Crippen LogP contribution in [0.1, 0.15) is 56.0 Å². The molecule has 8 heteroatoms. The predicted molar refractivity (Wildman–Crippen MR) is 127 cm³/mol. The van der Waals surface area contributed by atoms with Gasteiger partial charge in [0.25, 0.3) is 0 Å². The molecule has 0 saturated carbocycles. The highest BCUT2D eigenvalue weighted by Gasteiger charge is 2.17. The van der Waals surface area contributed by atoms with Gasteiger partial charge in [-0.3, -0.25) is 4.68 Å². The van der Waals surface area contributed by atoms with E-state index in [1.165, 1.54) is 16.7 Å². The van der Waals surface area contributed by atoms with E-state index in [0.717, 1.165) is 49.2 Å². The van der Waals surface area contributed by atoms with Crippen molar-refractivity contribution in [1.29, 1.82) is 0 Å². The molecule has 0 amide bonds. The highest BCUT2D eigenvalue weighted by molar-refractivity contribution is 5.75. The highest BCUT2D eigenvalue weighted by Crippen LogP contribution is 2.27. The van der Waals surface area contributed by atoms with Crippen molar-refractivity contribution in [2.24, 2.45) is 7.05 Å². The van der Waals surface area contributed by atoms with Gasteiger partial charge in [0.1, 0.15) is 18.2 Å². The number of unbranched alkanes of at least 4 members (excludes halogenated alkanes) is 1. The highest BCUT2D eigenvalue weighted by atomic mass is 15.3. The Balaban J connectivity index is 1.53. The SMILES string of the molecule is Cc1ccc(C(C)(C)C)cc1Cc1nc(NCCCCn2cncn2)nc2ncn(C)c12. The summed E-state index contributed by atoms with van der Waals surface area (Å²) in [5.74, 6) is 0.636. The van der Waals surface area contributed by atoms with E-state index in [1.54, 1.807) is 12.7 Å². The summed E-state index contributed by atoms with van der Waals surface area (Å²) in [6, 6.07) is 6.76. The van der Waals surface area contributed by atoms with Crippen LogP contribution < -0.4 is 5.32 Å². The third-order valence-electron chi connectivity index (χ3n) is 5.78. The standard InChI is InChI=1S/C24H32N8/c1-17-8-9-19(24(2,3)4)12-18(17)13-20-21-22(27-16-31(21)5)30-23(29-20)26-10-6-7-11-32-15-25-14-28-32/h8-9,12,14-16H,6-7,10-11,13H2,1-5H3,(H,26,29,30). The predicted octanol–water partition coefficient (Wildman–Crippen LogP) is 4.04. The summed E-state index contributed by atoms with van der Waals surface area (Å²) in [6.07, 6.45) is 7.86. The number of nitrogens with zero attached hydrogens (tertiary/aromatic N) is 7. The van der Waals surface area contributed by atoms with Crippen LogP contribution in [0.2, 0.25) is 0 Å². The molecule has 4 rings (SSSR count). The van der Waals surface area contributed by atoms with Gasteiger partial charge in [-0.25, -0.2) is 15.0 Å². The van der Waals surface area contributed by atoms with Crippen molar-refractivity contribution in [2.75, 3.05) is 11.9 Å². The average Bonchev–Trinajstić information content (AvgIpc) is 3.38. The third-order valence-corrected chi connectivity index (χ3v) is 5.78. The summed E-state index contributed by atoms with van der Waals surface area (Å²) in [4.78, 5) is 18.0. The Labute approximate surface area is 189 Å². The van der Waals surface area contributed by atoms with Gasteiger partial charge in [0.15, 0.2) is 5.65 Å². The number of benzene rings is 1. The minimum atomic E-state index is 0.106. The molecule has 1 N–H and O–H groups in total. The molecular formula is C24H32N8. The maximum atomic E-state index is 4.90. The second-order valence-electron chi connectivity index (χ2n) is 9.38. The molecule has 0 bridgehead atoms. The number of aryl methyl sites for hydroxylation is 3. The number of rotatable bonds is 8. The molecule has 0 spiro atoms. The van der Waals surface area contributed by atoms with Gasteiger partial charge in [-0.05, 0) is 41.9 Å². The van der Waals surface area contributed by atoms with Gasteiger partial charge in [0.05, 0.1) is 12.0 Å². The Bertz CT molecular complexity index is 1180. The van der Waals surface area contributed by atoms with E-state index in [2.05, 4.69) is 71.3 Å². The van der Waals surface area contributed by atoms with E-state index >= 15 is 0 Å². The lowest BCUT2D eigenvalue weighted by molar-refractivity contribution is 0.564. The zero-order valence-corrected chi connectivity index (χ0v) is 19.6. The third kappa shape index (κ3) is 4.95.